The van der Waals surface area contributed by atoms with Crippen LogP contribution in [0.2, 0.25) is 10.0 Å². The zero-order chi connectivity index (χ0) is 23.9. The highest BCUT2D eigenvalue weighted by molar-refractivity contribution is 6.34. The molecule has 0 fully saturated rings. The Hall–Kier alpha value is -3.74. The molecule has 2 N–H and O–H groups in total. The first kappa shape index (κ1) is 23.4. The van der Waals surface area contributed by atoms with Crippen molar-refractivity contribution >= 4 is 23.2 Å². The van der Waals surface area contributed by atoms with Gasteiger partial charge >= 0.3 is 0 Å². The molecule has 0 aliphatic heterocycles. The smallest absolute Gasteiger partial charge is 0.161 e. The quantitative estimate of drug-likeness (QED) is 0.273. The van der Waals surface area contributed by atoms with E-state index in [1.807, 2.05) is 66.7 Å². The number of nitrogens with one attached hydrogen (secondary N) is 2. The lowest BCUT2D eigenvalue weighted by Gasteiger charge is -2.10. The summed E-state index contributed by atoms with van der Waals surface area (Å²) in [5, 5.41) is 1.24. The molecule has 172 valence electrons. The lowest BCUT2D eigenvalue weighted by atomic mass is 10.0. The molecule has 6 nitrogen and oxygen atoms in total. The third-order valence-corrected chi connectivity index (χ3v) is 5.70. The van der Waals surface area contributed by atoms with E-state index in [9.17, 15) is 0 Å². The van der Waals surface area contributed by atoms with E-state index in [-0.39, 0.29) is 0 Å². The summed E-state index contributed by atoms with van der Waals surface area (Å²) in [5.74, 6) is 1.94. The molecule has 0 aliphatic rings. The summed E-state index contributed by atoms with van der Waals surface area (Å²) in [6, 6.07) is 20.9. The van der Waals surface area contributed by atoms with Crippen LogP contribution in [0.15, 0.2) is 85.5 Å². The molecule has 0 unspecified atom stereocenters. The molecule has 0 atom stereocenters. The Morgan fingerprint density at radius 2 is 1.47 bits per heavy atom. The van der Waals surface area contributed by atoms with Gasteiger partial charge < -0.3 is 19.4 Å². The van der Waals surface area contributed by atoms with Gasteiger partial charge in [-0.25, -0.2) is 9.97 Å². The SMILES string of the molecule is COc1ccc(-c2nc(-c3ccccc3Cl)[nH]c2-c2ccccc2Cl)cc1OC.c1c[nH]cn1. The van der Waals surface area contributed by atoms with E-state index in [1.54, 1.807) is 32.9 Å². The summed E-state index contributed by atoms with van der Waals surface area (Å²) in [6.07, 6.45) is 5.08. The van der Waals surface area contributed by atoms with Crippen molar-refractivity contribution in [3.8, 4) is 45.4 Å². The number of benzene rings is 3. The summed E-state index contributed by atoms with van der Waals surface area (Å²) in [4.78, 5) is 14.7. The van der Waals surface area contributed by atoms with Gasteiger partial charge in [-0.1, -0.05) is 53.5 Å². The molecule has 3 aromatic carbocycles. The van der Waals surface area contributed by atoms with Crippen molar-refractivity contribution in [1.82, 2.24) is 19.9 Å². The van der Waals surface area contributed by atoms with Crippen molar-refractivity contribution in [2.45, 2.75) is 0 Å². The third-order valence-electron chi connectivity index (χ3n) is 5.04. The van der Waals surface area contributed by atoms with Gasteiger partial charge in [0.15, 0.2) is 11.5 Å². The summed E-state index contributed by atoms with van der Waals surface area (Å²) < 4.78 is 10.8. The van der Waals surface area contributed by atoms with Crippen molar-refractivity contribution in [2.75, 3.05) is 14.2 Å². The number of rotatable bonds is 5. The molecule has 2 heterocycles. The highest BCUT2D eigenvalue weighted by atomic mass is 35.5. The van der Waals surface area contributed by atoms with Gasteiger partial charge in [-0.15, -0.1) is 0 Å². The normalized spacial score (nSPS) is 10.4. The second-order valence-electron chi connectivity index (χ2n) is 7.10. The highest BCUT2D eigenvalue weighted by Crippen LogP contribution is 2.40. The van der Waals surface area contributed by atoms with Crippen LogP contribution in [0.3, 0.4) is 0 Å². The summed E-state index contributed by atoms with van der Waals surface area (Å²) in [5.41, 5.74) is 4.08. The van der Waals surface area contributed by atoms with Gasteiger partial charge in [0, 0.05) is 34.1 Å². The number of aromatic nitrogens is 4. The molecule has 0 bridgehead atoms. The van der Waals surface area contributed by atoms with Crippen LogP contribution in [0.4, 0.5) is 0 Å². The van der Waals surface area contributed by atoms with E-state index in [2.05, 4.69) is 15.0 Å². The number of H-pyrrole nitrogens is 2. The van der Waals surface area contributed by atoms with Crippen LogP contribution in [0.5, 0.6) is 11.5 Å². The van der Waals surface area contributed by atoms with Crippen LogP contribution >= 0.6 is 23.2 Å². The Morgan fingerprint density at radius 3 is 2.03 bits per heavy atom. The monoisotopic (exact) mass is 492 g/mol. The molecule has 0 spiro atoms. The van der Waals surface area contributed by atoms with Crippen LogP contribution < -0.4 is 9.47 Å². The Balaban J connectivity index is 0.000000486. The zero-order valence-electron chi connectivity index (χ0n) is 18.5. The number of nitrogens with zero attached hydrogens (tertiary/aromatic N) is 2. The first-order valence-electron chi connectivity index (χ1n) is 10.4. The fraction of sp³-hybridized carbons (Fsp3) is 0.0769. The topological polar surface area (TPSA) is 75.8 Å². The van der Waals surface area contributed by atoms with Crippen LogP contribution in [0.25, 0.3) is 33.9 Å². The Bertz CT molecular complexity index is 1350. The predicted octanol–water partition coefficient (Wildman–Crippen LogP) is 7.14. The Labute approximate surface area is 207 Å². The van der Waals surface area contributed by atoms with E-state index in [4.69, 9.17) is 37.7 Å². The lowest BCUT2D eigenvalue weighted by Crippen LogP contribution is -1.92. The van der Waals surface area contributed by atoms with Crippen molar-refractivity contribution in [3.63, 3.8) is 0 Å². The van der Waals surface area contributed by atoms with Crippen molar-refractivity contribution < 1.29 is 9.47 Å². The molecule has 2 aromatic heterocycles. The van der Waals surface area contributed by atoms with Crippen molar-refractivity contribution in [1.29, 1.82) is 0 Å². The van der Waals surface area contributed by atoms with Crippen LogP contribution in [0, 0.1) is 0 Å². The molecule has 34 heavy (non-hydrogen) atoms. The van der Waals surface area contributed by atoms with E-state index in [0.717, 1.165) is 28.1 Å². The minimum atomic E-state index is 0.617. The maximum Gasteiger partial charge on any atom is 0.161 e. The number of ether oxygens (including phenoxy) is 2. The molecular weight excluding hydrogens is 471 g/mol. The van der Waals surface area contributed by atoms with Gasteiger partial charge in [0.05, 0.1) is 37.0 Å². The van der Waals surface area contributed by atoms with Crippen LogP contribution in [-0.4, -0.2) is 34.2 Å². The number of imidazole rings is 2. The van der Waals surface area contributed by atoms with Gasteiger partial charge in [-0.2, -0.15) is 0 Å². The van der Waals surface area contributed by atoms with Gasteiger partial charge in [-0.05, 0) is 36.4 Å². The largest absolute Gasteiger partial charge is 0.493 e. The standard InChI is InChI=1S/C23H18Cl2N2O2.C3H4N2/c1-28-19-12-11-14(13-20(19)29-2)21-22(15-7-3-5-9-17(15)24)27-23(26-21)16-8-4-6-10-18(16)25;1-2-5-3-4-1/h3-13H,1-2H3,(H,26,27);1-3H,(H,4,5). The van der Waals surface area contributed by atoms with E-state index < -0.39 is 0 Å². The summed E-state index contributed by atoms with van der Waals surface area (Å²) in [7, 11) is 3.22. The predicted molar refractivity (Wildman–Crippen MR) is 137 cm³/mol. The van der Waals surface area contributed by atoms with Gasteiger partial charge in [0.1, 0.15) is 5.82 Å². The third kappa shape index (κ3) is 5.09. The van der Waals surface area contributed by atoms with E-state index >= 15 is 0 Å². The molecule has 5 rings (SSSR count). The minimum Gasteiger partial charge on any atom is -0.493 e. The van der Waals surface area contributed by atoms with E-state index in [1.165, 1.54) is 0 Å². The van der Waals surface area contributed by atoms with Crippen LogP contribution in [0.1, 0.15) is 0 Å². The first-order chi connectivity index (χ1) is 16.6. The first-order valence-corrected chi connectivity index (χ1v) is 11.1. The Morgan fingerprint density at radius 1 is 0.794 bits per heavy atom. The van der Waals surface area contributed by atoms with Gasteiger partial charge in [-0.3, -0.25) is 0 Å². The molecule has 8 heteroatoms. The second kappa shape index (κ2) is 10.9. The minimum absolute atomic E-state index is 0.617. The number of halogens is 2. The maximum absolute atomic E-state index is 6.49. The summed E-state index contributed by atoms with van der Waals surface area (Å²) >= 11 is 12.9. The number of methoxy groups -OCH3 is 2. The molecule has 0 aliphatic carbocycles. The average molecular weight is 493 g/mol. The van der Waals surface area contributed by atoms with Gasteiger partial charge in [0.25, 0.3) is 0 Å². The van der Waals surface area contributed by atoms with Crippen molar-refractivity contribution in [3.05, 3.63) is 95.5 Å². The molecule has 0 saturated heterocycles. The fourth-order valence-electron chi connectivity index (χ4n) is 3.42. The van der Waals surface area contributed by atoms with E-state index in [0.29, 0.717) is 27.4 Å². The summed E-state index contributed by atoms with van der Waals surface area (Å²) in [6.45, 7) is 0. The maximum atomic E-state index is 6.49. The molecule has 0 radical (unpaired) electrons. The second-order valence-corrected chi connectivity index (χ2v) is 7.91. The number of hydrogen-bond acceptors (Lipinski definition) is 4. The Kier molecular flexibility index (Phi) is 7.52. The molecule has 5 aromatic rings. The lowest BCUT2D eigenvalue weighted by molar-refractivity contribution is 0.355. The number of aromatic amines is 2. The number of hydrogen-bond donors (Lipinski definition) is 2. The molecule has 0 amide bonds. The highest BCUT2D eigenvalue weighted by Gasteiger charge is 2.19. The van der Waals surface area contributed by atoms with Crippen LogP contribution in [-0.2, 0) is 0 Å². The van der Waals surface area contributed by atoms with Crippen molar-refractivity contribution in [2.24, 2.45) is 0 Å². The molecular formula is C26H22Cl2N4O2. The van der Waals surface area contributed by atoms with Gasteiger partial charge in [0.2, 0.25) is 0 Å². The fourth-order valence-corrected chi connectivity index (χ4v) is 3.88. The average Bonchev–Trinajstić information content (AvgIpc) is 3.58. The zero-order valence-corrected chi connectivity index (χ0v) is 20.1. The molecule has 0 saturated carbocycles.